The molecule has 1 N–H and O–H groups in total. The standard InChI is InChI=1S/C3H6O4S/c4-8(5)3-1-6-2-7-3/h3H,1-2H2,(H,4,5). The minimum atomic E-state index is -1.89. The maximum Gasteiger partial charge on any atom is 0.185 e. The largest absolute Gasteiger partial charge is 0.352 e. The van der Waals surface area contributed by atoms with Gasteiger partial charge in [0.25, 0.3) is 0 Å². The second-order valence-corrected chi connectivity index (χ2v) is 2.44. The van der Waals surface area contributed by atoms with E-state index in [1.807, 2.05) is 0 Å². The van der Waals surface area contributed by atoms with Crippen LogP contribution in [0, 0.1) is 0 Å². The quantitative estimate of drug-likeness (QED) is 0.498. The summed E-state index contributed by atoms with van der Waals surface area (Å²) in [5, 5.41) is 0. The Kier molecular flexibility index (Phi) is 1.95. The molecule has 1 aliphatic rings. The number of rotatable bonds is 1. The van der Waals surface area contributed by atoms with Gasteiger partial charge in [-0.15, -0.1) is 0 Å². The summed E-state index contributed by atoms with van der Waals surface area (Å²) in [6.07, 6.45) is 0. The molecule has 0 radical (unpaired) electrons. The van der Waals surface area contributed by atoms with E-state index >= 15 is 0 Å². The number of hydrogen-bond acceptors (Lipinski definition) is 3. The SMILES string of the molecule is O=S(O)C1COCO1. The summed E-state index contributed by atoms with van der Waals surface area (Å²) in [5.41, 5.74) is -0.630. The van der Waals surface area contributed by atoms with E-state index in [1.165, 1.54) is 0 Å². The van der Waals surface area contributed by atoms with Gasteiger partial charge >= 0.3 is 0 Å². The highest BCUT2D eigenvalue weighted by Gasteiger charge is 2.20. The molecule has 0 aromatic rings. The first-order chi connectivity index (χ1) is 3.80. The third kappa shape index (κ3) is 1.25. The van der Waals surface area contributed by atoms with Crippen LogP contribution in [0.2, 0.25) is 0 Å². The summed E-state index contributed by atoms with van der Waals surface area (Å²) in [5.74, 6) is 0. The second kappa shape index (κ2) is 2.54. The molecule has 2 atom stereocenters. The van der Waals surface area contributed by atoms with E-state index < -0.39 is 16.5 Å². The van der Waals surface area contributed by atoms with Crippen molar-refractivity contribution in [2.45, 2.75) is 5.44 Å². The lowest BCUT2D eigenvalue weighted by Gasteiger charge is -1.97. The molecule has 48 valence electrons. The van der Waals surface area contributed by atoms with Crippen LogP contribution in [0.4, 0.5) is 0 Å². The van der Waals surface area contributed by atoms with Crippen molar-refractivity contribution in [1.29, 1.82) is 0 Å². The van der Waals surface area contributed by atoms with Crippen LogP contribution in [0.15, 0.2) is 0 Å². The van der Waals surface area contributed by atoms with Crippen LogP contribution < -0.4 is 0 Å². The third-order valence-electron chi connectivity index (χ3n) is 0.816. The highest BCUT2D eigenvalue weighted by atomic mass is 32.2. The molecule has 1 aliphatic heterocycles. The molecule has 2 unspecified atom stereocenters. The van der Waals surface area contributed by atoms with E-state index in [0.717, 1.165) is 0 Å². The fraction of sp³-hybridized carbons (Fsp3) is 1.00. The molecule has 0 bridgehead atoms. The van der Waals surface area contributed by atoms with Crippen molar-refractivity contribution >= 4 is 11.1 Å². The van der Waals surface area contributed by atoms with Crippen molar-refractivity contribution in [3.05, 3.63) is 0 Å². The Hall–Kier alpha value is 0.0300. The van der Waals surface area contributed by atoms with Gasteiger partial charge in [0.05, 0.1) is 6.61 Å². The first-order valence-corrected chi connectivity index (χ1v) is 3.26. The van der Waals surface area contributed by atoms with Crippen molar-refractivity contribution in [3.63, 3.8) is 0 Å². The van der Waals surface area contributed by atoms with Crippen LogP contribution in [0.1, 0.15) is 0 Å². The lowest BCUT2D eigenvalue weighted by atomic mass is 10.8. The highest BCUT2D eigenvalue weighted by Crippen LogP contribution is 2.04. The average Bonchev–Trinajstić information content (AvgIpc) is 2.12. The van der Waals surface area contributed by atoms with Crippen LogP contribution in [-0.4, -0.2) is 27.6 Å². The normalized spacial score (nSPS) is 32.9. The third-order valence-corrected chi connectivity index (χ3v) is 1.54. The fourth-order valence-electron chi connectivity index (χ4n) is 0.433. The molecule has 0 amide bonds. The van der Waals surface area contributed by atoms with E-state index in [-0.39, 0.29) is 13.4 Å². The molecule has 1 heterocycles. The van der Waals surface area contributed by atoms with Crippen LogP contribution in [-0.2, 0) is 20.6 Å². The van der Waals surface area contributed by atoms with E-state index in [1.54, 1.807) is 0 Å². The summed E-state index contributed by atoms with van der Waals surface area (Å²) in [6.45, 7) is 0.361. The summed E-state index contributed by atoms with van der Waals surface area (Å²) in [7, 11) is 0. The van der Waals surface area contributed by atoms with Crippen molar-refractivity contribution in [3.8, 4) is 0 Å². The van der Waals surface area contributed by atoms with Gasteiger partial charge in [-0.25, -0.2) is 4.21 Å². The topological polar surface area (TPSA) is 55.8 Å². The van der Waals surface area contributed by atoms with Gasteiger partial charge in [-0.2, -0.15) is 0 Å². The van der Waals surface area contributed by atoms with Gasteiger partial charge in [-0.1, -0.05) is 0 Å². The number of hydrogen-bond donors (Lipinski definition) is 1. The Morgan fingerprint density at radius 1 is 1.75 bits per heavy atom. The second-order valence-electron chi connectivity index (χ2n) is 1.36. The minimum Gasteiger partial charge on any atom is -0.352 e. The Bertz CT molecular complexity index is 97.5. The molecular formula is C3H6O4S. The molecule has 4 nitrogen and oxygen atoms in total. The van der Waals surface area contributed by atoms with Gasteiger partial charge in [0.2, 0.25) is 0 Å². The maximum atomic E-state index is 10.1. The van der Waals surface area contributed by atoms with Gasteiger partial charge in [-0.05, 0) is 0 Å². The Labute approximate surface area is 49.1 Å². The molecular weight excluding hydrogens is 132 g/mol. The lowest BCUT2D eigenvalue weighted by molar-refractivity contribution is 0.0622. The van der Waals surface area contributed by atoms with Crippen molar-refractivity contribution in [2.75, 3.05) is 13.4 Å². The lowest BCUT2D eigenvalue weighted by Crippen LogP contribution is -2.15. The van der Waals surface area contributed by atoms with Gasteiger partial charge in [0.15, 0.2) is 16.5 Å². The minimum absolute atomic E-state index is 0.136. The first kappa shape index (κ1) is 6.15. The van der Waals surface area contributed by atoms with E-state index in [0.29, 0.717) is 0 Å². The summed E-state index contributed by atoms with van der Waals surface area (Å²) in [4.78, 5) is 0. The van der Waals surface area contributed by atoms with Crippen molar-refractivity contribution in [1.82, 2.24) is 0 Å². The summed E-state index contributed by atoms with van der Waals surface area (Å²) in [6, 6.07) is 0. The molecule has 1 saturated heterocycles. The molecule has 0 aromatic carbocycles. The molecule has 0 aromatic heterocycles. The molecule has 0 saturated carbocycles. The van der Waals surface area contributed by atoms with Crippen LogP contribution in [0.3, 0.4) is 0 Å². The zero-order valence-electron chi connectivity index (χ0n) is 4.07. The molecule has 8 heavy (non-hydrogen) atoms. The highest BCUT2D eigenvalue weighted by molar-refractivity contribution is 7.79. The maximum absolute atomic E-state index is 10.1. The molecule has 0 aliphatic carbocycles. The monoisotopic (exact) mass is 138 g/mol. The molecule has 1 fully saturated rings. The van der Waals surface area contributed by atoms with Crippen molar-refractivity contribution in [2.24, 2.45) is 0 Å². The van der Waals surface area contributed by atoms with Gasteiger partial charge in [-0.3, -0.25) is 0 Å². The van der Waals surface area contributed by atoms with Gasteiger partial charge < -0.3 is 14.0 Å². The summed E-state index contributed by atoms with van der Waals surface area (Å²) < 4.78 is 27.7. The Morgan fingerprint density at radius 3 is 2.75 bits per heavy atom. The molecule has 0 spiro atoms. The van der Waals surface area contributed by atoms with Crippen LogP contribution >= 0.6 is 0 Å². The number of ether oxygens (including phenoxy) is 2. The first-order valence-electron chi connectivity index (χ1n) is 2.09. The Balaban J connectivity index is 2.35. The average molecular weight is 138 g/mol. The van der Waals surface area contributed by atoms with Gasteiger partial charge in [0.1, 0.15) is 6.79 Å². The predicted molar refractivity (Wildman–Crippen MR) is 26.5 cm³/mol. The predicted octanol–water partition coefficient (Wildman–Crippen LogP) is -0.462. The zero-order valence-corrected chi connectivity index (χ0v) is 4.89. The zero-order chi connectivity index (χ0) is 5.98. The fourth-order valence-corrected chi connectivity index (χ4v) is 0.817. The summed E-state index contributed by atoms with van der Waals surface area (Å²) >= 11 is -1.89. The van der Waals surface area contributed by atoms with E-state index in [9.17, 15) is 4.21 Å². The smallest absolute Gasteiger partial charge is 0.185 e. The molecule has 1 rings (SSSR count). The Morgan fingerprint density at radius 2 is 2.50 bits per heavy atom. The van der Waals surface area contributed by atoms with Crippen molar-refractivity contribution < 1.29 is 18.2 Å². The van der Waals surface area contributed by atoms with E-state index in [2.05, 4.69) is 9.47 Å². The molecule has 5 heteroatoms. The van der Waals surface area contributed by atoms with E-state index in [4.69, 9.17) is 4.55 Å². The van der Waals surface area contributed by atoms with Crippen LogP contribution in [0.5, 0.6) is 0 Å². The van der Waals surface area contributed by atoms with Crippen LogP contribution in [0.25, 0.3) is 0 Å². The van der Waals surface area contributed by atoms with Gasteiger partial charge in [0, 0.05) is 0 Å².